The topological polar surface area (TPSA) is 81.2 Å². The van der Waals surface area contributed by atoms with Gasteiger partial charge in [0.1, 0.15) is 40.3 Å². The lowest BCUT2D eigenvalue weighted by molar-refractivity contribution is 0.0606. The number of carbonyl (C=O) groups is 1. The number of carbonyl (C=O) groups excluding carboxylic acids is 1. The van der Waals surface area contributed by atoms with Gasteiger partial charge in [-0.25, -0.2) is 9.37 Å². The van der Waals surface area contributed by atoms with Gasteiger partial charge in [-0.15, -0.1) is 0 Å². The van der Waals surface area contributed by atoms with Crippen molar-refractivity contribution in [3.63, 3.8) is 0 Å². The first-order valence-electron chi connectivity index (χ1n) is 11.9. The average molecular weight is 488 g/mol. The van der Waals surface area contributed by atoms with E-state index in [-0.39, 0.29) is 46.3 Å². The summed E-state index contributed by atoms with van der Waals surface area (Å²) in [6.07, 6.45) is 2.25. The molecule has 1 amide bonds. The van der Waals surface area contributed by atoms with Crippen LogP contribution in [0.3, 0.4) is 0 Å². The van der Waals surface area contributed by atoms with Crippen molar-refractivity contribution in [3.05, 3.63) is 34.6 Å². The molecule has 0 bridgehead atoms. The van der Waals surface area contributed by atoms with Crippen molar-refractivity contribution in [2.75, 3.05) is 57.3 Å². The highest BCUT2D eigenvalue weighted by molar-refractivity contribution is 6.35. The summed E-state index contributed by atoms with van der Waals surface area (Å²) < 4.78 is 21.1. The number of rotatable bonds is 2. The third kappa shape index (κ3) is 3.49. The summed E-state index contributed by atoms with van der Waals surface area (Å²) in [6, 6.07) is 4.34. The van der Waals surface area contributed by atoms with Crippen molar-refractivity contribution >= 4 is 23.3 Å². The Kier molecular flexibility index (Phi) is 5.50. The van der Waals surface area contributed by atoms with Crippen LogP contribution >= 0.6 is 11.6 Å². The number of hydrogen-bond donors (Lipinski definition) is 2. The van der Waals surface area contributed by atoms with E-state index in [9.17, 15) is 14.3 Å². The van der Waals surface area contributed by atoms with E-state index in [1.807, 2.05) is 4.90 Å². The fraction of sp³-hybridized carbons (Fsp3) is 0.500. The molecule has 0 unspecified atom stereocenters. The molecule has 8 nitrogen and oxygen atoms in total. The maximum atomic E-state index is 14.9. The van der Waals surface area contributed by atoms with Crippen LogP contribution < -0.4 is 15.0 Å². The zero-order valence-corrected chi connectivity index (χ0v) is 19.5. The number of hydrogen-bond acceptors (Lipinski definition) is 7. The highest BCUT2D eigenvalue weighted by atomic mass is 35.5. The Morgan fingerprint density at radius 2 is 2.06 bits per heavy atom. The molecule has 6 rings (SSSR count). The molecule has 4 aliphatic heterocycles. The third-order valence-electron chi connectivity index (χ3n) is 7.44. The number of benzene rings is 1. The lowest BCUT2D eigenvalue weighted by Crippen LogP contribution is -2.55. The molecule has 34 heavy (non-hydrogen) atoms. The van der Waals surface area contributed by atoms with Crippen LogP contribution in [-0.2, 0) is 0 Å². The van der Waals surface area contributed by atoms with E-state index in [0.29, 0.717) is 43.6 Å². The zero-order valence-electron chi connectivity index (χ0n) is 18.8. The predicted octanol–water partition coefficient (Wildman–Crippen LogP) is 2.34. The summed E-state index contributed by atoms with van der Waals surface area (Å²) in [5.74, 6) is -0.392. The average Bonchev–Trinajstić information content (AvgIpc) is 3.25. The van der Waals surface area contributed by atoms with Crippen molar-refractivity contribution in [1.82, 2.24) is 20.1 Å². The minimum absolute atomic E-state index is 0.0415. The van der Waals surface area contributed by atoms with Crippen LogP contribution in [0.5, 0.6) is 11.5 Å². The number of pyridine rings is 1. The summed E-state index contributed by atoms with van der Waals surface area (Å²) in [7, 11) is 0. The third-order valence-corrected chi connectivity index (χ3v) is 7.79. The van der Waals surface area contributed by atoms with E-state index in [4.69, 9.17) is 21.3 Å². The monoisotopic (exact) mass is 487 g/mol. The van der Waals surface area contributed by atoms with Crippen molar-refractivity contribution in [1.29, 1.82) is 0 Å². The van der Waals surface area contributed by atoms with Gasteiger partial charge in [0.2, 0.25) is 0 Å². The molecule has 1 aromatic heterocycles. The minimum atomic E-state index is -0.637. The molecule has 180 valence electrons. The van der Waals surface area contributed by atoms with E-state index >= 15 is 0 Å². The normalized spacial score (nSPS) is 24.8. The highest BCUT2D eigenvalue weighted by Crippen LogP contribution is 2.46. The number of halogens is 2. The summed E-state index contributed by atoms with van der Waals surface area (Å²) in [5.41, 5.74) is 0.335. The molecule has 2 aromatic rings. The summed E-state index contributed by atoms with van der Waals surface area (Å²) in [5, 5.41) is 13.8. The van der Waals surface area contributed by atoms with Crippen LogP contribution in [0.25, 0.3) is 11.3 Å². The molecule has 1 aromatic carbocycles. The number of nitrogens with zero attached hydrogens (tertiary/aromatic N) is 4. The van der Waals surface area contributed by atoms with Crippen LogP contribution in [0.2, 0.25) is 5.02 Å². The highest BCUT2D eigenvalue weighted by Gasteiger charge is 2.40. The van der Waals surface area contributed by atoms with Gasteiger partial charge in [-0.3, -0.25) is 9.69 Å². The minimum Gasteiger partial charge on any atom is -0.507 e. The predicted molar refractivity (Wildman–Crippen MR) is 126 cm³/mol. The van der Waals surface area contributed by atoms with Gasteiger partial charge in [0.15, 0.2) is 5.75 Å². The van der Waals surface area contributed by atoms with Gasteiger partial charge in [0.05, 0.1) is 11.6 Å². The second kappa shape index (κ2) is 8.55. The fourth-order valence-corrected chi connectivity index (χ4v) is 5.97. The zero-order chi connectivity index (χ0) is 23.4. The van der Waals surface area contributed by atoms with E-state index in [1.54, 1.807) is 0 Å². The first-order chi connectivity index (χ1) is 16.5. The number of ether oxygens (including phenoxy) is 1. The first-order valence-corrected chi connectivity index (χ1v) is 12.3. The van der Waals surface area contributed by atoms with E-state index in [0.717, 1.165) is 32.5 Å². The number of phenolic OH excluding ortho intramolecular Hbond substituents is 1. The number of fused-ring (bicyclic) bond motifs is 3. The molecule has 3 saturated heterocycles. The maximum Gasteiger partial charge on any atom is 0.261 e. The molecule has 0 aliphatic carbocycles. The smallest absolute Gasteiger partial charge is 0.261 e. The van der Waals surface area contributed by atoms with Gasteiger partial charge < -0.3 is 25.0 Å². The number of aromatic hydroxyl groups is 1. The quantitative estimate of drug-likeness (QED) is 0.673. The fourth-order valence-electron chi connectivity index (χ4n) is 5.68. The first kappa shape index (κ1) is 21.9. The summed E-state index contributed by atoms with van der Waals surface area (Å²) >= 11 is 6.76. The van der Waals surface area contributed by atoms with Gasteiger partial charge in [-0.2, -0.15) is 0 Å². The second-order valence-electron chi connectivity index (χ2n) is 9.38. The molecule has 0 spiro atoms. The SMILES string of the molecule is O=C1c2c(N3CCN4CCC[C@H]4C3)nc(-c3c(O)cccc3F)c(Cl)c2OC[C@H]2CNCCN12. The number of nitrogens with one attached hydrogen (secondary N) is 1. The Morgan fingerprint density at radius 1 is 1.18 bits per heavy atom. The van der Waals surface area contributed by atoms with Crippen LogP contribution in [0.4, 0.5) is 10.2 Å². The van der Waals surface area contributed by atoms with Gasteiger partial charge in [0, 0.05) is 45.3 Å². The number of phenols is 1. The van der Waals surface area contributed by atoms with Crippen molar-refractivity contribution in [2.24, 2.45) is 0 Å². The Hall–Kier alpha value is -2.62. The number of amides is 1. The Labute approximate surface area is 202 Å². The molecular formula is C24H27ClFN5O3. The van der Waals surface area contributed by atoms with E-state index in [1.165, 1.54) is 18.2 Å². The summed E-state index contributed by atoms with van der Waals surface area (Å²) in [4.78, 5) is 25.0. The maximum absolute atomic E-state index is 14.9. The second-order valence-corrected chi connectivity index (χ2v) is 9.76. The number of aromatic nitrogens is 1. The van der Waals surface area contributed by atoms with Crippen molar-refractivity contribution in [3.8, 4) is 22.8 Å². The molecule has 3 fully saturated rings. The molecule has 4 aliphatic rings. The lowest BCUT2D eigenvalue weighted by Gasteiger charge is -2.39. The molecule has 0 saturated carbocycles. The molecule has 0 radical (unpaired) electrons. The van der Waals surface area contributed by atoms with Gasteiger partial charge in [0.25, 0.3) is 5.91 Å². The molecule has 10 heteroatoms. The van der Waals surface area contributed by atoms with Crippen molar-refractivity contribution in [2.45, 2.75) is 24.9 Å². The molecule has 5 heterocycles. The Bertz CT molecular complexity index is 1130. The molecule has 2 N–H and O–H groups in total. The number of anilines is 1. The van der Waals surface area contributed by atoms with Gasteiger partial charge >= 0.3 is 0 Å². The van der Waals surface area contributed by atoms with E-state index in [2.05, 4.69) is 15.1 Å². The molecular weight excluding hydrogens is 461 g/mol. The summed E-state index contributed by atoms with van der Waals surface area (Å²) in [6.45, 7) is 5.54. The van der Waals surface area contributed by atoms with Crippen LogP contribution in [0, 0.1) is 5.82 Å². The van der Waals surface area contributed by atoms with Gasteiger partial charge in [-0.05, 0) is 31.5 Å². The largest absolute Gasteiger partial charge is 0.507 e. The van der Waals surface area contributed by atoms with Crippen LogP contribution in [0.15, 0.2) is 18.2 Å². The van der Waals surface area contributed by atoms with E-state index < -0.39 is 5.82 Å². The van der Waals surface area contributed by atoms with Crippen LogP contribution in [0.1, 0.15) is 23.2 Å². The van der Waals surface area contributed by atoms with Crippen LogP contribution in [-0.4, -0.2) is 90.3 Å². The Morgan fingerprint density at radius 3 is 2.91 bits per heavy atom. The Balaban J connectivity index is 1.54. The van der Waals surface area contributed by atoms with Crippen molar-refractivity contribution < 1.29 is 19.0 Å². The standard InChI is InChI=1S/C24H27ClFN5O3/c25-20-21(18-16(26)4-1-5-17(18)32)28-23(30-10-9-29-7-2-3-14(29)12-30)19-22(20)34-13-15-11-27-6-8-31(15)24(19)33/h1,4-5,14-15,27,32H,2-3,6-13H2/t14-,15+/m0/s1. The molecule has 2 atom stereocenters. The number of piperazine rings is 2. The van der Waals surface area contributed by atoms with Gasteiger partial charge in [-0.1, -0.05) is 17.7 Å². The lowest BCUT2D eigenvalue weighted by atomic mass is 10.0.